The molecular weight excluding hydrogens is 220 g/mol. The van der Waals surface area contributed by atoms with Crippen LogP contribution in [0, 0.1) is 11.8 Å². The average molecular weight is 242 g/mol. The van der Waals surface area contributed by atoms with Crippen molar-refractivity contribution in [3.8, 4) is 0 Å². The highest BCUT2D eigenvalue weighted by atomic mass is 16.5. The summed E-state index contributed by atoms with van der Waals surface area (Å²) in [6.45, 7) is 7.06. The van der Waals surface area contributed by atoms with Crippen molar-refractivity contribution in [2.75, 3.05) is 0 Å². The van der Waals surface area contributed by atoms with Gasteiger partial charge in [-0.1, -0.05) is 19.9 Å². The molecule has 0 aromatic carbocycles. The Morgan fingerprint density at radius 1 is 1.47 bits per heavy atom. The van der Waals surface area contributed by atoms with Gasteiger partial charge in [-0.25, -0.2) is 0 Å². The fraction of sp³-hybridized carbons (Fsp3) is 0.769. The van der Waals surface area contributed by atoms with Crippen molar-refractivity contribution in [2.45, 2.75) is 51.9 Å². The van der Waals surface area contributed by atoms with Gasteiger partial charge in [0.25, 0.3) is 0 Å². The summed E-state index contributed by atoms with van der Waals surface area (Å²) in [4.78, 5) is 11.5. The second kappa shape index (κ2) is 5.19. The van der Waals surface area contributed by atoms with Crippen LogP contribution in [0.3, 0.4) is 0 Å². The van der Waals surface area contributed by atoms with E-state index in [1.807, 2.05) is 13.8 Å². The van der Waals surface area contributed by atoms with Crippen molar-refractivity contribution in [3.05, 3.63) is 12.2 Å². The quantitative estimate of drug-likeness (QED) is 0.577. The van der Waals surface area contributed by atoms with Crippen molar-refractivity contribution < 1.29 is 19.7 Å². The minimum atomic E-state index is -0.903. The third-order valence-electron chi connectivity index (χ3n) is 3.55. The molecule has 1 rings (SSSR count). The fourth-order valence-corrected chi connectivity index (χ4v) is 1.77. The van der Waals surface area contributed by atoms with E-state index in [4.69, 9.17) is 4.74 Å². The zero-order valence-electron chi connectivity index (χ0n) is 10.9. The molecule has 4 heteroatoms. The zero-order chi connectivity index (χ0) is 13.2. The molecule has 1 saturated heterocycles. The maximum absolute atomic E-state index is 11.5. The number of ether oxygens (including phenoxy) is 1. The summed E-state index contributed by atoms with van der Waals surface area (Å²) in [5, 5.41) is 19.7. The summed E-state index contributed by atoms with van der Waals surface area (Å²) in [6, 6.07) is 0. The van der Waals surface area contributed by atoms with E-state index in [9.17, 15) is 15.0 Å². The number of hydrogen-bond donors (Lipinski definition) is 2. The lowest BCUT2D eigenvalue weighted by Gasteiger charge is -2.35. The van der Waals surface area contributed by atoms with Gasteiger partial charge in [-0.3, -0.25) is 4.79 Å². The molecule has 1 unspecified atom stereocenters. The topological polar surface area (TPSA) is 66.8 Å². The standard InChI is InChI=1S/C13H22O4/c1-5-13(4,16)7-6-10-8(2)11(14)9(3)12(15)17-10/h6-11,14,16H,5H2,1-4H3/b7-6+/t8-,9-,10-,11-,13?/m1/s1. The number of hydrogen-bond acceptors (Lipinski definition) is 4. The highest BCUT2D eigenvalue weighted by molar-refractivity contribution is 5.74. The first kappa shape index (κ1) is 14.2. The first-order valence-electron chi connectivity index (χ1n) is 6.09. The molecule has 5 atom stereocenters. The Morgan fingerprint density at radius 2 is 2.06 bits per heavy atom. The summed E-state index contributed by atoms with van der Waals surface area (Å²) >= 11 is 0. The van der Waals surface area contributed by atoms with Gasteiger partial charge in [-0.2, -0.15) is 0 Å². The third-order valence-corrected chi connectivity index (χ3v) is 3.55. The average Bonchev–Trinajstić information content (AvgIpc) is 2.29. The monoisotopic (exact) mass is 242 g/mol. The van der Waals surface area contributed by atoms with E-state index in [0.29, 0.717) is 6.42 Å². The van der Waals surface area contributed by atoms with Crippen LogP contribution in [0.2, 0.25) is 0 Å². The lowest BCUT2D eigenvalue weighted by molar-refractivity contribution is -0.172. The lowest BCUT2D eigenvalue weighted by atomic mass is 9.85. The molecule has 0 radical (unpaired) electrons. The molecule has 1 aliphatic rings. The molecule has 0 aromatic heterocycles. The number of carbonyl (C=O) groups excluding carboxylic acids is 1. The predicted octanol–water partition coefficient (Wildman–Crippen LogP) is 1.26. The maximum Gasteiger partial charge on any atom is 0.311 e. The molecule has 1 heterocycles. The minimum absolute atomic E-state index is 0.161. The fourth-order valence-electron chi connectivity index (χ4n) is 1.77. The van der Waals surface area contributed by atoms with Crippen molar-refractivity contribution in [3.63, 3.8) is 0 Å². The van der Waals surface area contributed by atoms with E-state index in [-0.39, 0.29) is 11.9 Å². The summed E-state index contributed by atoms with van der Waals surface area (Å²) < 4.78 is 5.22. The van der Waals surface area contributed by atoms with Gasteiger partial charge >= 0.3 is 5.97 Å². The Bertz CT molecular complexity index is 309. The van der Waals surface area contributed by atoms with Gasteiger partial charge in [-0.05, 0) is 26.3 Å². The van der Waals surface area contributed by atoms with Crippen LogP contribution in [-0.4, -0.2) is 34.0 Å². The van der Waals surface area contributed by atoms with Gasteiger partial charge in [0.1, 0.15) is 6.10 Å². The second-order valence-electron chi connectivity index (χ2n) is 5.11. The smallest absolute Gasteiger partial charge is 0.311 e. The van der Waals surface area contributed by atoms with E-state index in [1.165, 1.54) is 0 Å². The summed E-state index contributed by atoms with van der Waals surface area (Å²) in [5.41, 5.74) is -0.903. The van der Waals surface area contributed by atoms with Gasteiger partial charge in [0.05, 0.1) is 17.6 Å². The summed E-state index contributed by atoms with van der Waals surface area (Å²) in [6.07, 6.45) is 2.72. The molecule has 0 amide bonds. The van der Waals surface area contributed by atoms with E-state index in [0.717, 1.165) is 0 Å². The maximum atomic E-state index is 11.5. The van der Waals surface area contributed by atoms with Crippen LogP contribution >= 0.6 is 0 Å². The van der Waals surface area contributed by atoms with Crippen LogP contribution in [0.25, 0.3) is 0 Å². The Labute approximate surface area is 102 Å². The summed E-state index contributed by atoms with van der Waals surface area (Å²) in [7, 11) is 0. The molecule has 1 aliphatic heterocycles. The van der Waals surface area contributed by atoms with Crippen LogP contribution < -0.4 is 0 Å². The molecule has 0 bridgehead atoms. The normalized spacial score (nSPS) is 37.9. The van der Waals surface area contributed by atoms with Crippen molar-refractivity contribution in [1.82, 2.24) is 0 Å². The molecule has 98 valence electrons. The van der Waals surface area contributed by atoms with Gasteiger partial charge in [0.15, 0.2) is 0 Å². The number of aliphatic hydroxyl groups excluding tert-OH is 1. The van der Waals surface area contributed by atoms with Gasteiger partial charge in [0.2, 0.25) is 0 Å². The Kier molecular flexibility index (Phi) is 4.33. The number of rotatable bonds is 3. The third kappa shape index (κ3) is 3.30. The van der Waals surface area contributed by atoms with Crippen LogP contribution in [-0.2, 0) is 9.53 Å². The second-order valence-corrected chi connectivity index (χ2v) is 5.11. The molecule has 0 aliphatic carbocycles. The molecule has 0 spiro atoms. The van der Waals surface area contributed by atoms with Crippen molar-refractivity contribution >= 4 is 5.97 Å². The van der Waals surface area contributed by atoms with Crippen LogP contribution in [0.15, 0.2) is 12.2 Å². The van der Waals surface area contributed by atoms with Gasteiger partial charge in [-0.15, -0.1) is 0 Å². The van der Waals surface area contributed by atoms with Gasteiger partial charge < -0.3 is 14.9 Å². The van der Waals surface area contributed by atoms with Crippen molar-refractivity contribution in [1.29, 1.82) is 0 Å². The van der Waals surface area contributed by atoms with Crippen LogP contribution in [0.1, 0.15) is 34.1 Å². The van der Waals surface area contributed by atoms with E-state index in [2.05, 4.69) is 0 Å². The molecule has 17 heavy (non-hydrogen) atoms. The molecular formula is C13H22O4. The zero-order valence-corrected chi connectivity index (χ0v) is 10.9. The predicted molar refractivity (Wildman–Crippen MR) is 64.3 cm³/mol. The first-order chi connectivity index (χ1) is 7.78. The van der Waals surface area contributed by atoms with Gasteiger partial charge in [0, 0.05) is 5.92 Å². The molecule has 0 saturated carbocycles. The molecule has 4 nitrogen and oxygen atoms in total. The van der Waals surface area contributed by atoms with E-state index in [1.54, 1.807) is 26.0 Å². The highest BCUT2D eigenvalue weighted by Crippen LogP contribution is 2.27. The first-order valence-corrected chi connectivity index (χ1v) is 6.09. The Morgan fingerprint density at radius 3 is 2.59 bits per heavy atom. The largest absolute Gasteiger partial charge is 0.457 e. The van der Waals surface area contributed by atoms with Crippen molar-refractivity contribution in [2.24, 2.45) is 11.8 Å². The molecule has 2 N–H and O–H groups in total. The molecule has 1 fully saturated rings. The lowest BCUT2D eigenvalue weighted by Crippen LogP contribution is -2.46. The van der Waals surface area contributed by atoms with Crippen LogP contribution in [0.5, 0.6) is 0 Å². The Hall–Kier alpha value is -0.870. The molecule has 0 aromatic rings. The number of esters is 1. The Balaban J connectivity index is 2.75. The van der Waals surface area contributed by atoms with Crippen LogP contribution in [0.4, 0.5) is 0 Å². The number of carbonyl (C=O) groups is 1. The summed E-state index contributed by atoms with van der Waals surface area (Å²) in [5.74, 6) is -1.03. The minimum Gasteiger partial charge on any atom is -0.457 e. The van der Waals surface area contributed by atoms with E-state index >= 15 is 0 Å². The number of aliphatic hydroxyl groups is 2. The van der Waals surface area contributed by atoms with E-state index < -0.39 is 23.7 Å². The SMILES string of the molecule is CCC(C)(O)/C=C/[C@H]1OC(=O)[C@H](C)[C@H](O)[C@@H]1C. The number of cyclic esters (lactones) is 1. The highest BCUT2D eigenvalue weighted by Gasteiger charge is 2.39.